The van der Waals surface area contributed by atoms with Gasteiger partial charge in [0.1, 0.15) is 18.2 Å². The Labute approximate surface area is 151 Å². The van der Waals surface area contributed by atoms with Crippen LogP contribution in [0.3, 0.4) is 0 Å². The second-order valence-electron chi connectivity index (χ2n) is 6.43. The van der Waals surface area contributed by atoms with Crippen molar-refractivity contribution < 1.29 is 9.13 Å². The van der Waals surface area contributed by atoms with E-state index in [1.165, 1.54) is 6.07 Å². The molecule has 2 aromatic carbocycles. The van der Waals surface area contributed by atoms with Crippen LogP contribution in [0.1, 0.15) is 12.0 Å². The van der Waals surface area contributed by atoms with Crippen LogP contribution < -0.4 is 10.1 Å². The zero-order valence-electron chi connectivity index (χ0n) is 14.5. The molecule has 0 saturated heterocycles. The molecule has 2 heterocycles. The third-order valence-electron chi connectivity index (χ3n) is 4.60. The van der Waals surface area contributed by atoms with Crippen molar-refractivity contribution >= 4 is 21.8 Å². The fourth-order valence-electron chi connectivity index (χ4n) is 3.25. The normalized spacial score (nSPS) is 11.4. The fraction of sp³-hybridized carbons (Fsp3) is 0.238. The van der Waals surface area contributed by atoms with Gasteiger partial charge in [0.05, 0.1) is 0 Å². The third kappa shape index (κ3) is 3.73. The number of hydrogen-bond acceptors (Lipinski definition) is 2. The number of ether oxygens (including phenoxy) is 1. The molecule has 0 atom stereocenters. The minimum atomic E-state index is -0.188. The summed E-state index contributed by atoms with van der Waals surface area (Å²) in [6, 6.07) is 13.0. The molecule has 3 N–H and O–H groups in total. The van der Waals surface area contributed by atoms with Crippen LogP contribution in [0.2, 0.25) is 0 Å². The summed E-state index contributed by atoms with van der Waals surface area (Å²) in [4.78, 5) is 6.37. The Hall–Kier alpha value is -2.79. The van der Waals surface area contributed by atoms with Crippen molar-refractivity contribution in [2.45, 2.75) is 12.8 Å². The summed E-state index contributed by atoms with van der Waals surface area (Å²) in [5.41, 5.74) is 3.27. The predicted octanol–water partition coefficient (Wildman–Crippen LogP) is 4.39. The Morgan fingerprint density at radius 2 is 1.88 bits per heavy atom. The average Bonchev–Trinajstić information content (AvgIpc) is 3.27. The van der Waals surface area contributed by atoms with Gasteiger partial charge in [-0.05, 0) is 67.4 Å². The number of H-pyrrole nitrogens is 2. The fourth-order valence-corrected chi connectivity index (χ4v) is 3.25. The second kappa shape index (κ2) is 7.62. The first-order valence-electron chi connectivity index (χ1n) is 8.96. The molecule has 26 heavy (non-hydrogen) atoms. The van der Waals surface area contributed by atoms with Gasteiger partial charge in [-0.15, -0.1) is 0 Å². The van der Waals surface area contributed by atoms with Crippen molar-refractivity contribution in [1.82, 2.24) is 15.3 Å². The lowest BCUT2D eigenvalue weighted by atomic mass is 10.1. The molecule has 0 spiro atoms. The van der Waals surface area contributed by atoms with Gasteiger partial charge in [-0.1, -0.05) is 0 Å². The zero-order chi connectivity index (χ0) is 17.8. The summed E-state index contributed by atoms with van der Waals surface area (Å²) in [5.74, 6) is 0.700. The predicted molar refractivity (Wildman–Crippen MR) is 103 cm³/mol. The smallest absolute Gasteiger partial charge is 0.123 e. The first kappa shape index (κ1) is 16.7. The van der Waals surface area contributed by atoms with Crippen LogP contribution in [0, 0.1) is 5.82 Å². The summed E-state index contributed by atoms with van der Waals surface area (Å²) in [6.45, 7) is 2.34. The molecule has 4 aromatic rings. The van der Waals surface area contributed by atoms with Crippen molar-refractivity contribution in [2.75, 3.05) is 19.7 Å². The summed E-state index contributed by atoms with van der Waals surface area (Å²) in [7, 11) is 0. The Morgan fingerprint density at radius 3 is 2.85 bits per heavy atom. The number of halogens is 1. The molecule has 4 nitrogen and oxygen atoms in total. The minimum Gasteiger partial charge on any atom is -0.492 e. The van der Waals surface area contributed by atoms with Gasteiger partial charge in [-0.2, -0.15) is 0 Å². The summed E-state index contributed by atoms with van der Waals surface area (Å²) in [5, 5.41) is 5.53. The van der Waals surface area contributed by atoms with E-state index in [-0.39, 0.29) is 5.82 Å². The molecule has 0 aliphatic heterocycles. The van der Waals surface area contributed by atoms with Crippen molar-refractivity contribution in [3.05, 3.63) is 66.2 Å². The Bertz CT molecular complexity index is 1000. The van der Waals surface area contributed by atoms with Crippen molar-refractivity contribution in [3.8, 4) is 5.75 Å². The summed E-state index contributed by atoms with van der Waals surface area (Å²) >= 11 is 0. The molecule has 4 rings (SSSR count). The molecule has 0 aliphatic rings. The first-order valence-corrected chi connectivity index (χ1v) is 8.96. The van der Waals surface area contributed by atoms with E-state index in [1.54, 1.807) is 12.1 Å². The van der Waals surface area contributed by atoms with E-state index >= 15 is 0 Å². The lowest BCUT2D eigenvalue weighted by Crippen LogP contribution is -2.22. The third-order valence-corrected chi connectivity index (χ3v) is 4.60. The highest BCUT2D eigenvalue weighted by atomic mass is 19.1. The molecule has 0 bridgehead atoms. The average molecular weight is 351 g/mol. The molecule has 2 aromatic heterocycles. The molecule has 0 amide bonds. The van der Waals surface area contributed by atoms with E-state index in [2.05, 4.69) is 15.3 Å². The van der Waals surface area contributed by atoms with Gasteiger partial charge >= 0.3 is 0 Å². The number of fused-ring (bicyclic) bond motifs is 2. The molecule has 0 radical (unpaired) electrons. The topological polar surface area (TPSA) is 52.8 Å². The van der Waals surface area contributed by atoms with Crippen LogP contribution in [0.4, 0.5) is 4.39 Å². The SMILES string of the molecule is Fc1ccc2[nH]cc(CCCNCCOc3ccc4[nH]ccc4c3)c2c1. The van der Waals surface area contributed by atoms with Gasteiger partial charge in [0.25, 0.3) is 0 Å². The van der Waals surface area contributed by atoms with Crippen molar-refractivity contribution in [1.29, 1.82) is 0 Å². The molecule has 134 valence electrons. The van der Waals surface area contributed by atoms with Crippen molar-refractivity contribution in [2.24, 2.45) is 0 Å². The minimum absolute atomic E-state index is 0.188. The molecule has 0 fully saturated rings. The first-order chi connectivity index (χ1) is 12.8. The van der Waals surface area contributed by atoms with E-state index in [4.69, 9.17) is 4.74 Å². The molecular formula is C21H22FN3O. The van der Waals surface area contributed by atoms with E-state index < -0.39 is 0 Å². The molecule has 0 unspecified atom stereocenters. The van der Waals surface area contributed by atoms with Gasteiger partial charge in [-0.3, -0.25) is 0 Å². The maximum atomic E-state index is 13.4. The number of nitrogens with one attached hydrogen (secondary N) is 3. The zero-order valence-corrected chi connectivity index (χ0v) is 14.5. The molecule has 0 aliphatic carbocycles. The lowest BCUT2D eigenvalue weighted by Gasteiger charge is -2.08. The molecule has 5 heteroatoms. The maximum absolute atomic E-state index is 13.4. The summed E-state index contributed by atoms with van der Waals surface area (Å²) < 4.78 is 19.2. The van der Waals surface area contributed by atoms with E-state index in [1.807, 2.05) is 36.7 Å². The highest BCUT2D eigenvalue weighted by Gasteiger charge is 2.04. The van der Waals surface area contributed by atoms with Crippen LogP contribution in [0.5, 0.6) is 5.75 Å². The van der Waals surface area contributed by atoms with Crippen LogP contribution >= 0.6 is 0 Å². The maximum Gasteiger partial charge on any atom is 0.123 e. The standard InChI is InChI=1S/C21H22FN3O/c22-17-3-5-21-19(13-17)16(14-25-21)2-1-8-23-10-11-26-18-4-6-20-15(12-18)7-9-24-20/h3-7,9,12-14,23-25H,1-2,8,10-11H2. The van der Waals surface area contributed by atoms with Gasteiger partial charge in [0, 0.05) is 40.7 Å². The molecule has 0 saturated carbocycles. The van der Waals surface area contributed by atoms with Gasteiger partial charge < -0.3 is 20.0 Å². The second-order valence-corrected chi connectivity index (χ2v) is 6.43. The van der Waals surface area contributed by atoms with Crippen LogP contribution in [0.15, 0.2) is 54.9 Å². The number of aromatic amines is 2. The monoisotopic (exact) mass is 351 g/mol. The highest BCUT2D eigenvalue weighted by molar-refractivity contribution is 5.83. The van der Waals surface area contributed by atoms with E-state index in [9.17, 15) is 4.39 Å². The van der Waals surface area contributed by atoms with Crippen LogP contribution in [-0.2, 0) is 6.42 Å². The number of aryl methyl sites for hydroxylation is 1. The molecular weight excluding hydrogens is 329 g/mol. The lowest BCUT2D eigenvalue weighted by molar-refractivity contribution is 0.314. The number of rotatable bonds is 8. The van der Waals surface area contributed by atoms with Gasteiger partial charge in [0.2, 0.25) is 0 Å². The summed E-state index contributed by atoms with van der Waals surface area (Å²) in [6.07, 6.45) is 5.82. The number of aromatic nitrogens is 2. The van der Waals surface area contributed by atoms with Crippen LogP contribution in [-0.4, -0.2) is 29.7 Å². The van der Waals surface area contributed by atoms with E-state index in [0.717, 1.165) is 59.0 Å². The van der Waals surface area contributed by atoms with Gasteiger partial charge in [-0.25, -0.2) is 4.39 Å². The number of benzene rings is 2. The van der Waals surface area contributed by atoms with Crippen LogP contribution in [0.25, 0.3) is 21.8 Å². The highest BCUT2D eigenvalue weighted by Crippen LogP contribution is 2.21. The van der Waals surface area contributed by atoms with E-state index in [0.29, 0.717) is 6.61 Å². The number of hydrogen-bond donors (Lipinski definition) is 3. The Kier molecular flexibility index (Phi) is 4.88. The quantitative estimate of drug-likeness (QED) is 0.412. The van der Waals surface area contributed by atoms with Crippen molar-refractivity contribution in [3.63, 3.8) is 0 Å². The Balaban J connectivity index is 1.17. The largest absolute Gasteiger partial charge is 0.492 e. The Morgan fingerprint density at radius 1 is 0.962 bits per heavy atom. The van der Waals surface area contributed by atoms with Gasteiger partial charge in [0.15, 0.2) is 0 Å².